The van der Waals surface area contributed by atoms with Gasteiger partial charge in [-0.2, -0.15) is 0 Å². The first kappa shape index (κ1) is 23.7. The van der Waals surface area contributed by atoms with Crippen molar-refractivity contribution in [2.45, 2.75) is 26.3 Å². The highest BCUT2D eigenvalue weighted by atomic mass is 32.1. The molecule has 2 aromatic heterocycles. The first-order valence-corrected chi connectivity index (χ1v) is 12.6. The lowest BCUT2D eigenvalue weighted by molar-refractivity contribution is -0.119. The van der Waals surface area contributed by atoms with Gasteiger partial charge in [-0.15, -0.1) is 11.3 Å². The lowest BCUT2D eigenvalue weighted by atomic mass is 10.0. The molecule has 3 heterocycles. The summed E-state index contributed by atoms with van der Waals surface area (Å²) in [6.45, 7) is 2.48. The minimum absolute atomic E-state index is 0.0743. The number of carbonyl (C=O) groups excluding carboxylic acids is 2. The van der Waals surface area contributed by atoms with Crippen LogP contribution in [0.1, 0.15) is 27.2 Å². The van der Waals surface area contributed by atoms with E-state index in [1.165, 1.54) is 10.9 Å². The summed E-state index contributed by atoms with van der Waals surface area (Å²) in [6, 6.07) is 17.1. The maximum Gasteiger partial charge on any atom is 0.348 e. The minimum Gasteiger partial charge on any atom is -0.490 e. The molecule has 9 heteroatoms. The number of thiophene rings is 1. The van der Waals surface area contributed by atoms with E-state index < -0.39 is 5.97 Å². The molecule has 1 aliphatic heterocycles. The van der Waals surface area contributed by atoms with Crippen molar-refractivity contribution in [3.8, 4) is 5.75 Å². The zero-order valence-electron chi connectivity index (χ0n) is 19.8. The number of rotatable bonds is 7. The number of ether oxygens (including phenoxy) is 2. The van der Waals surface area contributed by atoms with Gasteiger partial charge in [0.1, 0.15) is 35.2 Å². The number of benzene rings is 2. The van der Waals surface area contributed by atoms with Crippen LogP contribution in [0.25, 0.3) is 10.2 Å². The number of hydrogen-bond acceptors (Lipinski definition) is 7. The van der Waals surface area contributed by atoms with Crippen LogP contribution in [0.2, 0.25) is 0 Å². The van der Waals surface area contributed by atoms with Crippen molar-refractivity contribution in [1.29, 1.82) is 0 Å². The van der Waals surface area contributed by atoms with Crippen molar-refractivity contribution >= 4 is 39.1 Å². The Hall–Kier alpha value is -3.98. The molecule has 5 rings (SSSR count). The lowest BCUT2D eigenvalue weighted by Crippen LogP contribution is -2.39. The second-order valence-electron chi connectivity index (χ2n) is 8.49. The molecule has 2 aromatic carbocycles. The second kappa shape index (κ2) is 10.3. The van der Waals surface area contributed by atoms with Crippen molar-refractivity contribution in [3.63, 3.8) is 0 Å². The van der Waals surface area contributed by atoms with Gasteiger partial charge in [0.25, 0.3) is 5.56 Å². The zero-order chi connectivity index (χ0) is 25.1. The Balaban J connectivity index is 1.29. The van der Waals surface area contributed by atoms with Crippen LogP contribution in [0.4, 0.5) is 5.69 Å². The van der Waals surface area contributed by atoms with E-state index in [1.54, 1.807) is 11.8 Å². The molecule has 0 aliphatic carbocycles. The number of anilines is 1. The van der Waals surface area contributed by atoms with Gasteiger partial charge in [0.05, 0.1) is 11.7 Å². The molecule has 0 atom stereocenters. The maximum absolute atomic E-state index is 13.3. The highest BCUT2D eigenvalue weighted by Gasteiger charge is 2.24. The molecule has 184 valence electrons. The fourth-order valence-corrected chi connectivity index (χ4v) is 5.40. The molecule has 8 nitrogen and oxygen atoms in total. The first-order valence-electron chi connectivity index (χ1n) is 11.7. The Morgan fingerprint density at radius 1 is 1.06 bits per heavy atom. The summed E-state index contributed by atoms with van der Waals surface area (Å²) < 4.78 is 12.2. The molecule has 4 aromatic rings. The van der Waals surface area contributed by atoms with E-state index in [2.05, 4.69) is 4.98 Å². The van der Waals surface area contributed by atoms with Crippen molar-refractivity contribution in [3.05, 3.63) is 87.3 Å². The molecule has 0 saturated heterocycles. The van der Waals surface area contributed by atoms with Gasteiger partial charge in [0.2, 0.25) is 5.91 Å². The highest BCUT2D eigenvalue weighted by Crippen LogP contribution is 2.28. The normalized spacial score (nSPS) is 12.9. The highest BCUT2D eigenvalue weighted by molar-refractivity contribution is 7.20. The predicted octanol–water partition coefficient (Wildman–Crippen LogP) is 3.98. The Morgan fingerprint density at radius 3 is 2.67 bits per heavy atom. The predicted molar refractivity (Wildman–Crippen MR) is 138 cm³/mol. The Kier molecular flexibility index (Phi) is 6.81. The van der Waals surface area contributed by atoms with Crippen LogP contribution in [0.15, 0.2) is 65.7 Å². The number of aryl methyl sites for hydroxylation is 2. The summed E-state index contributed by atoms with van der Waals surface area (Å²) in [4.78, 5) is 45.9. The number of aromatic nitrogens is 2. The number of para-hydroxylation sites is 2. The van der Waals surface area contributed by atoms with Crippen LogP contribution in [0.5, 0.6) is 5.75 Å². The number of esters is 1. The van der Waals surface area contributed by atoms with E-state index in [1.807, 2.05) is 54.6 Å². The quantitative estimate of drug-likeness (QED) is 0.280. The van der Waals surface area contributed by atoms with E-state index in [4.69, 9.17) is 9.47 Å². The number of fused-ring (bicyclic) bond motifs is 2. The summed E-state index contributed by atoms with van der Waals surface area (Å²) >= 11 is 1.11. The summed E-state index contributed by atoms with van der Waals surface area (Å²) in [6.07, 6.45) is 3.18. The Labute approximate surface area is 211 Å². The van der Waals surface area contributed by atoms with Gasteiger partial charge >= 0.3 is 5.97 Å². The third kappa shape index (κ3) is 4.74. The lowest BCUT2D eigenvalue weighted by Gasteiger charge is -2.29. The second-order valence-corrected chi connectivity index (χ2v) is 9.49. The molecule has 1 aliphatic rings. The number of nitrogens with zero attached hydrogens (tertiary/aromatic N) is 3. The standard InChI is InChI=1S/C27H25N3O5S/c1-18-23-25(36-24(18)27(33)35-15-14-34-20-10-3-2-4-11-20)28-17-29(26(23)32)16-22(31)30-13-7-9-19-8-5-6-12-21(19)30/h2-6,8,10-12,17H,7,9,13-16H2,1H3. The van der Waals surface area contributed by atoms with Crippen LogP contribution >= 0.6 is 11.3 Å². The van der Waals surface area contributed by atoms with Gasteiger partial charge in [-0.3, -0.25) is 14.2 Å². The Morgan fingerprint density at radius 2 is 1.83 bits per heavy atom. The van der Waals surface area contributed by atoms with Crippen LogP contribution in [-0.4, -0.2) is 41.2 Å². The average Bonchev–Trinajstić information content (AvgIpc) is 3.25. The van der Waals surface area contributed by atoms with E-state index in [0.29, 0.717) is 33.0 Å². The van der Waals surface area contributed by atoms with E-state index in [0.717, 1.165) is 35.4 Å². The number of carbonyl (C=O) groups is 2. The van der Waals surface area contributed by atoms with E-state index in [9.17, 15) is 14.4 Å². The molecule has 0 N–H and O–H groups in total. The van der Waals surface area contributed by atoms with Crippen LogP contribution < -0.4 is 15.2 Å². The van der Waals surface area contributed by atoms with Gasteiger partial charge in [0.15, 0.2) is 0 Å². The molecule has 0 spiro atoms. The first-order chi connectivity index (χ1) is 17.5. The fraction of sp³-hybridized carbons (Fsp3) is 0.259. The van der Waals surface area contributed by atoms with Crippen LogP contribution in [0, 0.1) is 6.92 Å². The van der Waals surface area contributed by atoms with Crippen molar-refractivity contribution in [1.82, 2.24) is 9.55 Å². The fourth-order valence-electron chi connectivity index (χ4n) is 4.37. The van der Waals surface area contributed by atoms with Crippen LogP contribution in [-0.2, 0) is 22.5 Å². The summed E-state index contributed by atoms with van der Waals surface area (Å²) in [5.74, 6) is -0.00521. The Bertz CT molecular complexity index is 1480. The number of hydrogen-bond donors (Lipinski definition) is 0. The van der Waals surface area contributed by atoms with Gasteiger partial charge in [-0.1, -0.05) is 36.4 Å². The van der Waals surface area contributed by atoms with E-state index in [-0.39, 0.29) is 31.2 Å². The summed E-state index contributed by atoms with van der Waals surface area (Å²) in [5.41, 5.74) is 2.18. The molecule has 0 fully saturated rings. The molecule has 0 bridgehead atoms. The van der Waals surface area contributed by atoms with E-state index >= 15 is 0 Å². The monoisotopic (exact) mass is 503 g/mol. The maximum atomic E-state index is 13.3. The van der Waals surface area contributed by atoms with Crippen molar-refractivity contribution in [2.24, 2.45) is 0 Å². The molecule has 36 heavy (non-hydrogen) atoms. The smallest absolute Gasteiger partial charge is 0.348 e. The third-order valence-corrected chi connectivity index (χ3v) is 7.33. The summed E-state index contributed by atoms with van der Waals surface area (Å²) in [5, 5.41) is 0.335. The molecular formula is C27H25N3O5S. The molecular weight excluding hydrogens is 478 g/mol. The molecule has 0 radical (unpaired) electrons. The topological polar surface area (TPSA) is 90.7 Å². The van der Waals surface area contributed by atoms with Gasteiger partial charge in [-0.05, 0) is 49.1 Å². The minimum atomic E-state index is -0.529. The molecule has 0 saturated carbocycles. The van der Waals surface area contributed by atoms with Gasteiger partial charge < -0.3 is 14.4 Å². The SMILES string of the molecule is Cc1c(C(=O)OCCOc2ccccc2)sc2ncn(CC(=O)N3CCCc4ccccc43)c(=O)c12. The zero-order valence-corrected chi connectivity index (χ0v) is 20.6. The van der Waals surface area contributed by atoms with Crippen molar-refractivity contribution < 1.29 is 19.1 Å². The van der Waals surface area contributed by atoms with Crippen molar-refractivity contribution in [2.75, 3.05) is 24.7 Å². The van der Waals surface area contributed by atoms with Gasteiger partial charge in [-0.25, -0.2) is 9.78 Å². The summed E-state index contributed by atoms with van der Waals surface area (Å²) in [7, 11) is 0. The molecule has 1 amide bonds. The number of amides is 1. The average molecular weight is 504 g/mol. The third-order valence-electron chi connectivity index (χ3n) is 6.15. The van der Waals surface area contributed by atoms with Gasteiger partial charge in [0, 0.05) is 12.2 Å². The molecule has 0 unspecified atom stereocenters. The largest absolute Gasteiger partial charge is 0.490 e. The van der Waals surface area contributed by atoms with Crippen LogP contribution in [0.3, 0.4) is 0 Å².